The first kappa shape index (κ1) is 22.2. The van der Waals surface area contributed by atoms with Crippen LogP contribution in [0.4, 0.5) is 23.2 Å². The minimum Gasteiger partial charge on any atom is -0.364 e. The smallest absolute Gasteiger partial charge is 0.267 e. The van der Waals surface area contributed by atoms with Crippen molar-refractivity contribution in [2.24, 2.45) is 5.73 Å². The lowest BCUT2D eigenvalue weighted by Gasteiger charge is -2.14. The molecule has 0 unspecified atom stereocenters. The number of aromatic amines is 1. The largest absolute Gasteiger partial charge is 0.364 e. The molecule has 0 saturated heterocycles. The van der Waals surface area contributed by atoms with Crippen molar-refractivity contribution in [2.75, 3.05) is 4.72 Å². The van der Waals surface area contributed by atoms with E-state index in [2.05, 4.69) is 15.2 Å². The maximum atomic E-state index is 15.2. The number of rotatable bonds is 5. The van der Waals surface area contributed by atoms with Crippen molar-refractivity contribution in [1.29, 1.82) is 0 Å². The van der Waals surface area contributed by atoms with E-state index in [9.17, 15) is 22.0 Å². The molecule has 0 aliphatic carbocycles. The predicted octanol–water partition coefficient (Wildman–Crippen LogP) is 3.39. The Morgan fingerprint density at radius 3 is 2.52 bits per heavy atom. The van der Waals surface area contributed by atoms with Gasteiger partial charge in [0.1, 0.15) is 27.7 Å². The summed E-state index contributed by atoms with van der Waals surface area (Å²) in [6.45, 7) is 1.30. The quantitative estimate of drug-likeness (QED) is 0.378. The number of primary amides is 1. The van der Waals surface area contributed by atoms with Gasteiger partial charge in [0.15, 0.2) is 11.6 Å². The first-order chi connectivity index (χ1) is 15.5. The standard InChI is InChI=1S/C20H13F4N5O3S/c1-8-14(6-9(21)7-26-8)33(31,32)29-13-5-4-12(22)15(17(13)24)10-2-3-11-18(16(10)23)27-28-19(11)20(25)30/h2-7,29H,1H3,(H2,25,30)(H,27,28). The van der Waals surface area contributed by atoms with Gasteiger partial charge in [-0.25, -0.2) is 26.0 Å². The third-order valence-corrected chi connectivity index (χ3v) is 6.29. The third-order valence-electron chi connectivity index (χ3n) is 4.81. The first-order valence-corrected chi connectivity index (χ1v) is 10.6. The lowest BCUT2D eigenvalue weighted by molar-refractivity contribution is 0.0997. The number of fused-ring (bicyclic) bond motifs is 1. The van der Waals surface area contributed by atoms with E-state index in [4.69, 9.17) is 5.73 Å². The van der Waals surface area contributed by atoms with Crippen LogP contribution in [0, 0.1) is 30.2 Å². The fraction of sp³-hybridized carbons (Fsp3) is 0.0500. The van der Waals surface area contributed by atoms with Gasteiger partial charge >= 0.3 is 0 Å². The predicted molar refractivity (Wildman–Crippen MR) is 110 cm³/mol. The SMILES string of the molecule is Cc1ncc(F)cc1S(=O)(=O)Nc1ccc(F)c(-c2ccc3c(C(N)=O)[nH]nc3c2F)c1F. The highest BCUT2D eigenvalue weighted by atomic mass is 32.2. The number of benzene rings is 2. The molecule has 0 spiro atoms. The van der Waals surface area contributed by atoms with Crippen LogP contribution in [0.25, 0.3) is 22.0 Å². The van der Waals surface area contributed by atoms with Crippen LogP contribution in [-0.4, -0.2) is 29.5 Å². The number of aryl methyl sites for hydroxylation is 1. The molecule has 0 aliphatic rings. The second-order valence-electron chi connectivity index (χ2n) is 6.91. The summed E-state index contributed by atoms with van der Waals surface area (Å²) in [5.41, 5.74) is 2.34. The van der Waals surface area contributed by atoms with Gasteiger partial charge in [0.2, 0.25) is 0 Å². The summed E-state index contributed by atoms with van der Waals surface area (Å²) in [4.78, 5) is 14.4. The van der Waals surface area contributed by atoms with Crippen LogP contribution in [0.15, 0.2) is 41.4 Å². The molecule has 4 rings (SSSR count). The average molecular weight is 479 g/mol. The van der Waals surface area contributed by atoms with Crippen LogP contribution in [0.5, 0.6) is 0 Å². The van der Waals surface area contributed by atoms with Gasteiger partial charge in [-0.3, -0.25) is 19.6 Å². The highest BCUT2D eigenvalue weighted by Gasteiger charge is 2.26. The number of H-pyrrole nitrogens is 1. The van der Waals surface area contributed by atoms with Crippen LogP contribution in [-0.2, 0) is 10.0 Å². The zero-order chi connectivity index (χ0) is 24.1. The van der Waals surface area contributed by atoms with Crippen LogP contribution in [0.1, 0.15) is 16.2 Å². The summed E-state index contributed by atoms with van der Waals surface area (Å²) in [5, 5.41) is 5.87. The minimum absolute atomic E-state index is 0.00416. The highest BCUT2D eigenvalue weighted by Crippen LogP contribution is 2.36. The number of hydrogen-bond acceptors (Lipinski definition) is 5. The van der Waals surface area contributed by atoms with Gasteiger partial charge in [0.25, 0.3) is 15.9 Å². The number of hydrogen-bond donors (Lipinski definition) is 3. The number of amides is 1. The maximum absolute atomic E-state index is 15.2. The number of nitrogens with zero attached hydrogens (tertiary/aromatic N) is 2. The van der Waals surface area contributed by atoms with Gasteiger partial charge in [-0.1, -0.05) is 6.07 Å². The summed E-state index contributed by atoms with van der Waals surface area (Å²) in [7, 11) is -4.53. The Labute approximate surface area is 183 Å². The van der Waals surface area contributed by atoms with Crippen molar-refractivity contribution in [2.45, 2.75) is 11.8 Å². The second kappa shape index (κ2) is 7.85. The molecule has 0 radical (unpaired) electrons. The summed E-state index contributed by atoms with van der Waals surface area (Å²) in [6, 6.07) is 4.41. The fourth-order valence-electron chi connectivity index (χ4n) is 3.27. The zero-order valence-electron chi connectivity index (χ0n) is 16.6. The Morgan fingerprint density at radius 2 is 1.82 bits per heavy atom. The van der Waals surface area contributed by atoms with Crippen LogP contribution in [0.2, 0.25) is 0 Å². The zero-order valence-corrected chi connectivity index (χ0v) is 17.4. The van der Waals surface area contributed by atoms with Gasteiger partial charge < -0.3 is 5.73 Å². The van der Waals surface area contributed by atoms with Crippen LogP contribution < -0.4 is 10.5 Å². The molecule has 0 aliphatic heterocycles. The Bertz CT molecular complexity index is 1550. The summed E-state index contributed by atoms with van der Waals surface area (Å²) < 4.78 is 85.6. The second-order valence-corrected chi connectivity index (χ2v) is 8.56. The first-order valence-electron chi connectivity index (χ1n) is 9.11. The molecule has 2 aromatic heterocycles. The van der Waals surface area contributed by atoms with Crippen molar-refractivity contribution in [3.05, 3.63) is 71.2 Å². The number of nitrogens with one attached hydrogen (secondary N) is 2. The molecule has 0 saturated carbocycles. The summed E-state index contributed by atoms with van der Waals surface area (Å²) >= 11 is 0. The van der Waals surface area contributed by atoms with Crippen molar-refractivity contribution < 1.29 is 30.8 Å². The van der Waals surface area contributed by atoms with Crippen molar-refractivity contribution in [3.63, 3.8) is 0 Å². The fourth-order valence-corrected chi connectivity index (χ4v) is 4.53. The average Bonchev–Trinajstić information content (AvgIpc) is 3.19. The topological polar surface area (TPSA) is 131 Å². The van der Waals surface area contributed by atoms with Crippen LogP contribution >= 0.6 is 0 Å². The number of pyridine rings is 1. The number of aromatic nitrogens is 3. The van der Waals surface area contributed by atoms with Gasteiger partial charge in [0, 0.05) is 10.9 Å². The van der Waals surface area contributed by atoms with E-state index in [0.717, 1.165) is 24.4 Å². The van der Waals surface area contributed by atoms with Crippen molar-refractivity contribution in [3.8, 4) is 11.1 Å². The van der Waals surface area contributed by atoms with E-state index in [-0.39, 0.29) is 16.8 Å². The number of carbonyl (C=O) groups is 1. The number of carbonyl (C=O) groups excluding carboxylic acids is 1. The number of nitrogens with two attached hydrogens (primary N) is 1. The van der Waals surface area contributed by atoms with Gasteiger partial charge in [-0.05, 0) is 31.2 Å². The Balaban J connectivity index is 1.84. The molecule has 4 aromatic rings. The molecule has 13 heteroatoms. The maximum Gasteiger partial charge on any atom is 0.267 e. The molecule has 170 valence electrons. The van der Waals surface area contributed by atoms with E-state index in [1.54, 1.807) is 0 Å². The van der Waals surface area contributed by atoms with E-state index < -0.39 is 66.4 Å². The molecule has 0 atom stereocenters. The van der Waals surface area contributed by atoms with Gasteiger partial charge in [-0.2, -0.15) is 5.10 Å². The van der Waals surface area contributed by atoms with Crippen molar-refractivity contribution in [1.82, 2.24) is 15.2 Å². The van der Waals surface area contributed by atoms with E-state index in [0.29, 0.717) is 6.07 Å². The molecular formula is C20H13F4N5O3S. The van der Waals surface area contributed by atoms with E-state index in [1.165, 1.54) is 13.0 Å². The monoisotopic (exact) mass is 479 g/mol. The highest BCUT2D eigenvalue weighted by molar-refractivity contribution is 7.92. The Hall–Kier alpha value is -4.00. The van der Waals surface area contributed by atoms with Gasteiger partial charge in [0.05, 0.1) is 23.1 Å². The van der Waals surface area contributed by atoms with E-state index in [1.807, 2.05) is 4.72 Å². The number of sulfonamides is 1. The molecule has 1 amide bonds. The van der Waals surface area contributed by atoms with Crippen molar-refractivity contribution >= 4 is 32.5 Å². The lowest BCUT2D eigenvalue weighted by Crippen LogP contribution is -2.16. The lowest BCUT2D eigenvalue weighted by atomic mass is 10.0. The number of anilines is 1. The molecular weight excluding hydrogens is 466 g/mol. The number of halogens is 4. The summed E-state index contributed by atoms with van der Waals surface area (Å²) in [5.74, 6) is -5.64. The van der Waals surface area contributed by atoms with Crippen LogP contribution in [0.3, 0.4) is 0 Å². The molecule has 0 bridgehead atoms. The molecule has 33 heavy (non-hydrogen) atoms. The van der Waals surface area contributed by atoms with E-state index >= 15 is 8.78 Å². The molecule has 8 nitrogen and oxygen atoms in total. The Kier molecular flexibility index (Phi) is 5.28. The third kappa shape index (κ3) is 3.75. The minimum atomic E-state index is -4.53. The molecule has 4 N–H and O–H groups in total. The molecule has 2 aromatic carbocycles. The normalized spacial score (nSPS) is 11.7. The Morgan fingerprint density at radius 1 is 1.09 bits per heavy atom. The molecule has 0 fully saturated rings. The molecule has 2 heterocycles. The van der Waals surface area contributed by atoms with Gasteiger partial charge in [-0.15, -0.1) is 0 Å². The summed E-state index contributed by atoms with van der Waals surface area (Å²) in [6.07, 6.45) is 0.808.